The zero-order valence-corrected chi connectivity index (χ0v) is 14.1. The number of amides is 1. The molecule has 3 aliphatic rings. The van der Waals surface area contributed by atoms with Gasteiger partial charge in [-0.05, 0) is 18.4 Å². The van der Waals surface area contributed by atoms with Gasteiger partial charge in [0.2, 0.25) is 5.91 Å². The van der Waals surface area contributed by atoms with E-state index in [9.17, 15) is 4.79 Å². The Bertz CT molecular complexity index is 570. The largest absolute Gasteiger partial charge is 0.354 e. The lowest BCUT2D eigenvalue weighted by atomic mass is 9.96. The minimum Gasteiger partial charge on any atom is -0.354 e. The number of hydrogen-bond acceptors (Lipinski definition) is 4. The Morgan fingerprint density at radius 1 is 1.04 bits per heavy atom. The number of carbonyl (C=O) groups is 1. The quantitative estimate of drug-likeness (QED) is 0.892. The number of carbonyl (C=O) groups excluding carboxylic acids is 1. The van der Waals surface area contributed by atoms with Gasteiger partial charge in [0.15, 0.2) is 5.79 Å². The van der Waals surface area contributed by atoms with E-state index in [-0.39, 0.29) is 17.1 Å². The van der Waals surface area contributed by atoms with Crippen LogP contribution in [0.4, 0.5) is 0 Å². The fraction of sp³-hybridized carbons (Fsp3) is 0.632. The van der Waals surface area contributed by atoms with Crippen molar-refractivity contribution in [2.24, 2.45) is 0 Å². The average molecular weight is 330 g/mol. The zero-order valence-electron chi connectivity index (χ0n) is 14.1. The van der Waals surface area contributed by atoms with Crippen LogP contribution in [0.15, 0.2) is 30.3 Å². The molecule has 0 aromatic heterocycles. The monoisotopic (exact) mass is 330 g/mol. The molecule has 1 spiro atoms. The second-order valence-corrected chi connectivity index (χ2v) is 7.31. The molecule has 1 aromatic rings. The van der Waals surface area contributed by atoms with Crippen molar-refractivity contribution in [3.63, 3.8) is 0 Å². The SMILES string of the molecule is O=C(CN1CCC2(CC1)OCCO2)NCC1(c2ccccc2)CC1. The first kappa shape index (κ1) is 16.1. The molecule has 3 fully saturated rings. The van der Waals surface area contributed by atoms with Gasteiger partial charge in [-0.3, -0.25) is 9.69 Å². The molecule has 1 amide bonds. The van der Waals surface area contributed by atoms with E-state index in [1.165, 1.54) is 5.56 Å². The van der Waals surface area contributed by atoms with Crippen molar-refractivity contribution in [2.75, 3.05) is 39.4 Å². The first-order chi connectivity index (χ1) is 11.7. The van der Waals surface area contributed by atoms with Gasteiger partial charge in [-0.25, -0.2) is 0 Å². The maximum Gasteiger partial charge on any atom is 0.234 e. The van der Waals surface area contributed by atoms with E-state index < -0.39 is 0 Å². The molecule has 1 aromatic carbocycles. The van der Waals surface area contributed by atoms with Crippen molar-refractivity contribution in [1.29, 1.82) is 0 Å². The summed E-state index contributed by atoms with van der Waals surface area (Å²) in [6, 6.07) is 10.5. The summed E-state index contributed by atoms with van der Waals surface area (Å²) < 4.78 is 11.5. The average Bonchev–Trinajstić information content (AvgIpc) is 3.29. The van der Waals surface area contributed by atoms with Crippen LogP contribution in [0.1, 0.15) is 31.2 Å². The highest BCUT2D eigenvalue weighted by Gasteiger charge is 2.44. The minimum absolute atomic E-state index is 0.126. The smallest absolute Gasteiger partial charge is 0.234 e. The molecule has 5 nitrogen and oxygen atoms in total. The third kappa shape index (κ3) is 3.34. The van der Waals surface area contributed by atoms with Crippen molar-refractivity contribution >= 4 is 5.91 Å². The summed E-state index contributed by atoms with van der Waals surface area (Å²) in [5.74, 6) is -0.236. The third-order valence-electron chi connectivity index (χ3n) is 5.66. The molecule has 2 saturated heterocycles. The van der Waals surface area contributed by atoms with Crippen LogP contribution in [0.25, 0.3) is 0 Å². The van der Waals surface area contributed by atoms with Crippen LogP contribution < -0.4 is 5.32 Å². The Morgan fingerprint density at radius 2 is 1.71 bits per heavy atom. The highest BCUT2D eigenvalue weighted by Crippen LogP contribution is 2.47. The number of nitrogens with zero attached hydrogens (tertiary/aromatic N) is 1. The molecule has 4 rings (SSSR count). The molecule has 130 valence electrons. The normalized spacial score (nSPS) is 24.8. The fourth-order valence-electron chi connectivity index (χ4n) is 3.87. The molecule has 0 atom stereocenters. The van der Waals surface area contributed by atoms with Crippen molar-refractivity contribution in [3.05, 3.63) is 35.9 Å². The second kappa shape index (κ2) is 6.47. The van der Waals surface area contributed by atoms with Gasteiger partial charge < -0.3 is 14.8 Å². The predicted octanol–water partition coefficient (Wildman–Crippen LogP) is 1.67. The summed E-state index contributed by atoms with van der Waals surface area (Å²) in [5, 5.41) is 3.15. The lowest BCUT2D eigenvalue weighted by Gasteiger charge is -2.37. The maximum absolute atomic E-state index is 12.3. The zero-order chi connectivity index (χ0) is 16.5. The summed E-state index contributed by atoms with van der Waals surface area (Å²) in [6.45, 7) is 4.33. The van der Waals surface area contributed by atoms with E-state index in [0.29, 0.717) is 19.8 Å². The Hall–Kier alpha value is -1.43. The van der Waals surface area contributed by atoms with Gasteiger partial charge >= 0.3 is 0 Å². The fourth-order valence-corrected chi connectivity index (χ4v) is 3.87. The van der Waals surface area contributed by atoms with Gasteiger partial charge in [-0.15, -0.1) is 0 Å². The van der Waals surface area contributed by atoms with Crippen LogP contribution in [0.5, 0.6) is 0 Å². The Labute approximate surface area is 143 Å². The first-order valence-corrected chi connectivity index (χ1v) is 9.02. The van der Waals surface area contributed by atoms with Gasteiger partial charge in [0.1, 0.15) is 0 Å². The Kier molecular flexibility index (Phi) is 4.33. The topological polar surface area (TPSA) is 50.8 Å². The van der Waals surface area contributed by atoms with Crippen LogP contribution in [-0.2, 0) is 19.7 Å². The number of benzene rings is 1. The standard InChI is InChI=1S/C19H26N2O3/c22-17(14-21-10-8-19(9-11-21)23-12-13-24-19)20-15-18(6-7-18)16-4-2-1-3-5-16/h1-5H,6-15H2,(H,20,22). The number of nitrogens with one attached hydrogen (secondary N) is 1. The highest BCUT2D eigenvalue weighted by atomic mass is 16.7. The van der Waals surface area contributed by atoms with Crippen LogP contribution >= 0.6 is 0 Å². The van der Waals surface area contributed by atoms with E-state index >= 15 is 0 Å². The first-order valence-electron chi connectivity index (χ1n) is 9.02. The lowest BCUT2D eigenvalue weighted by Crippen LogP contribution is -2.48. The summed E-state index contributed by atoms with van der Waals surface area (Å²) in [4.78, 5) is 14.5. The molecule has 0 bridgehead atoms. The minimum atomic E-state index is -0.363. The Balaban J connectivity index is 1.23. The van der Waals surface area contributed by atoms with Gasteiger partial charge in [0, 0.05) is 37.9 Å². The maximum atomic E-state index is 12.3. The molecule has 2 heterocycles. The Morgan fingerprint density at radius 3 is 2.33 bits per heavy atom. The van der Waals surface area contributed by atoms with Crippen LogP contribution in [-0.4, -0.2) is 56.0 Å². The van der Waals surface area contributed by atoms with Gasteiger partial charge in [-0.2, -0.15) is 0 Å². The summed E-state index contributed by atoms with van der Waals surface area (Å²) in [7, 11) is 0. The molecule has 0 unspecified atom stereocenters. The van der Waals surface area contributed by atoms with E-state index in [4.69, 9.17) is 9.47 Å². The van der Waals surface area contributed by atoms with E-state index in [1.807, 2.05) is 6.07 Å². The number of piperidine rings is 1. The van der Waals surface area contributed by atoms with Crippen LogP contribution in [0.2, 0.25) is 0 Å². The van der Waals surface area contributed by atoms with E-state index in [2.05, 4.69) is 34.5 Å². The lowest BCUT2D eigenvalue weighted by molar-refractivity contribution is -0.185. The van der Waals surface area contributed by atoms with E-state index in [1.54, 1.807) is 0 Å². The van der Waals surface area contributed by atoms with Crippen molar-refractivity contribution < 1.29 is 14.3 Å². The number of hydrogen-bond donors (Lipinski definition) is 1. The molecule has 2 aliphatic heterocycles. The van der Waals surface area contributed by atoms with Crippen LogP contribution in [0, 0.1) is 0 Å². The number of rotatable bonds is 5. The molecular weight excluding hydrogens is 304 g/mol. The third-order valence-corrected chi connectivity index (χ3v) is 5.66. The number of likely N-dealkylation sites (tertiary alicyclic amines) is 1. The molecule has 1 aliphatic carbocycles. The van der Waals surface area contributed by atoms with Crippen LogP contribution in [0.3, 0.4) is 0 Å². The summed E-state index contributed by atoms with van der Waals surface area (Å²) >= 11 is 0. The van der Waals surface area contributed by atoms with Gasteiger partial charge in [0.25, 0.3) is 0 Å². The van der Waals surface area contributed by atoms with Crippen molar-refractivity contribution in [3.8, 4) is 0 Å². The van der Waals surface area contributed by atoms with Crippen molar-refractivity contribution in [2.45, 2.75) is 36.9 Å². The van der Waals surface area contributed by atoms with Gasteiger partial charge in [-0.1, -0.05) is 30.3 Å². The molecule has 0 radical (unpaired) electrons. The molecule has 24 heavy (non-hydrogen) atoms. The summed E-state index contributed by atoms with van der Waals surface area (Å²) in [6.07, 6.45) is 4.04. The highest BCUT2D eigenvalue weighted by molar-refractivity contribution is 5.78. The number of ether oxygens (including phenoxy) is 2. The second-order valence-electron chi connectivity index (χ2n) is 7.31. The molecule has 1 N–H and O–H groups in total. The van der Waals surface area contributed by atoms with Crippen molar-refractivity contribution in [1.82, 2.24) is 10.2 Å². The van der Waals surface area contributed by atoms with Gasteiger partial charge in [0.05, 0.1) is 19.8 Å². The van der Waals surface area contributed by atoms with E-state index in [0.717, 1.165) is 45.3 Å². The predicted molar refractivity (Wildman–Crippen MR) is 90.7 cm³/mol. The molecule has 5 heteroatoms. The molecule has 1 saturated carbocycles. The molecular formula is C19H26N2O3. The summed E-state index contributed by atoms with van der Waals surface area (Å²) in [5.41, 5.74) is 1.52.